The number of carbonyl (C=O) groups is 1. The van der Waals surface area contributed by atoms with Crippen molar-refractivity contribution in [1.29, 1.82) is 0 Å². The van der Waals surface area contributed by atoms with Gasteiger partial charge in [-0.1, -0.05) is 0 Å². The van der Waals surface area contributed by atoms with Crippen molar-refractivity contribution in [3.8, 4) is 0 Å². The summed E-state index contributed by atoms with van der Waals surface area (Å²) in [5.74, 6) is -0.0306. The lowest BCUT2D eigenvalue weighted by Crippen LogP contribution is -2.13. The Morgan fingerprint density at radius 3 is 2.84 bits per heavy atom. The molecule has 0 amide bonds. The Balaban J connectivity index is 1.82. The second-order valence-corrected chi connectivity index (χ2v) is 5.39. The van der Waals surface area contributed by atoms with Gasteiger partial charge < -0.3 is 10.4 Å². The summed E-state index contributed by atoms with van der Waals surface area (Å²) in [6.45, 7) is 3.25. The van der Waals surface area contributed by atoms with Crippen LogP contribution >= 0.6 is 11.3 Å². The van der Waals surface area contributed by atoms with Gasteiger partial charge in [-0.2, -0.15) is 0 Å². The fourth-order valence-corrected chi connectivity index (χ4v) is 2.66. The first-order valence-corrected chi connectivity index (χ1v) is 6.74. The van der Waals surface area contributed by atoms with Crippen molar-refractivity contribution < 1.29 is 9.90 Å². The standard InChI is InChI=1S/C13H15N3O2S/c1-9-15-5-4-10(16-9)7-14-8-12-3-2-11(19-12)6-13(17)18/h2-5,14H,6-8H2,1H3,(H,17,18). The molecule has 2 rings (SSSR count). The van der Waals surface area contributed by atoms with Gasteiger partial charge in [-0.25, -0.2) is 9.97 Å². The van der Waals surface area contributed by atoms with Crippen LogP contribution in [0, 0.1) is 6.92 Å². The van der Waals surface area contributed by atoms with Crippen LogP contribution in [-0.2, 0) is 24.3 Å². The van der Waals surface area contributed by atoms with E-state index >= 15 is 0 Å². The molecule has 0 saturated carbocycles. The highest BCUT2D eigenvalue weighted by molar-refractivity contribution is 7.12. The van der Waals surface area contributed by atoms with E-state index in [1.807, 2.05) is 25.1 Å². The van der Waals surface area contributed by atoms with Crippen molar-refractivity contribution in [2.45, 2.75) is 26.4 Å². The Kier molecular flexibility index (Phi) is 4.59. The van der Waals surface area contributed by atoms with Gasteiger partial charge in [0.1, 0.15) is 5.82 Å². The largest absolute Gasteiger partial charge is 0.481 e. The van der Waals surface area contributed by atoms with Gasteiger partial charge >= 0.3 is 5.97 Å². The van der Waals surface area contributed by atoms with Crippen LogP contribution in [-0.4, -0.2) is 21.0 Å². The van der Waals surface area contributed by atoms with Crippen molar-refractivity contribution in [3.05, 3.63) is 45.7 Å². The maximum atomic E-state index is 10.6. The minimum atomic E-state index is -0.794. The van der Waals surface area contributed by atoms with Gasteiger partial charge in [-0.3, -0.25) is 4.79 Å². The maximum absolute atomic E-state index is 10.6. The first-order chi connectivity index (χ1) is 9.13. The minimum Gasteiger partial charge on any atom is -0.481 e. The fourth-order valence-electron chi connectivity index (χ4n) is 1.68. The lowest BCUT2D eigenvalue weighted by molar-refractivity contribution is -0.136. The third-order valence-corrected chi connectivity index (χ3v) is 3.57. The SMILES string of the molecule is Cc1nccc(CNCc2ccc(CC(=O)O)s2)n1. The van der Waals surface area contributed by atoms with Gasteiger partial charge in [-0.05, 0) is 25.1 Å². The summed E-state index contributed by atoms with van der Waals surface area (Å²) in [6.07, 6.45) is 1.84. The fraction of sp³-hybridized carbons (Fsp3) is 0.308. The molecular formula is C13H15N3O2S. The lowest BCUT2D eigenvalue weighted by atomic mass is 10.3. The third kappa shape index (κ3) is 4.42. The molecule has 2 heterocycles. The van der Waals surface area contributed by atoms with Crippen LogP contribution in [0.15, 0.2) is 24.4 Å². The van der Waals surface area contributed by atoms with Crippen LogP contribution in [0.2, 0.25) is 0 Å². The molecule has 0 atom stereocenters. The van der Waals surface area contributed by atoms with Gasteiger partial charge in [0.15, 0.2) is 0 Å². The molecule has 0 fully saturated rings. The van der Waals surface area contributed by atoms with E-state index in [2.05, 4.69) is 15.3 Å². The predicted molar refractivity (Wildman–Crippen MR) is 73.0 cm³/mol. The van der Waals surface area contributed by atoms with Crippen LogP contribution in [0.25, 0.3) is 0 Å². The van der Waals surface area contributed by atoms with Gasteiger partial charge in [-0.15, -0.1) is 11.3 Å². The molecule has 0 unspecified atom stereocenters. The van der Waals surface area contributed by atoms with E-state index in [-0.39, 0.29) is 6.42 Å². The summed E-state index contributed by atoms with van der Waals surface area (Å²) in [7, 11) is 0. The average Bonchev–Trinajstić information content (AvgIpc) is 2.76. The first kappa shape index (κ1) is 13.6. The zero-order valence-electron chi connectivity index (χ0n) is 10.6. The van der Waals surface area contributed by atoms with Crippen molar-refractivity contribution >= 4 is 17.3 Å². The van der Waals surface area contributed by atoms with Crippen molar-refractivity contribution in [1.82, 2.24) is 15.3 Å². The Morgan fingerprint density at radius 2 is 2.11 bits per heavy atom. The van der Waals surface area contributed by atoms with E-state index in [1.54, 1.807) is 6.20 Å². The van der Waals surface area contributed by atoms with Crippen LogP contribution in [0.4, 0.5) is 0 Å². The number of rotatable bonds is 6. The van der Waals surface area contributed by atoms with Crippen LogP contribution in [0.5, 0.6) is 0 Å². The molecule has 0 aliphatic heterocycles. The smallest absolute Gasteiger partial charge is 0.308 e. The number of hydrogen-bond acceptors (Lipinski definition) is 5. The Morgan fingerprint density at radius 1 is 1.32 bits per heavy atom. The highest BCUT2D eigenvalue weighted by Gasteiger charge is 2.04. The van der Waals surface area contributed by atoms with Gasteiger partial charge in [0.25, 0.3) is 0 Å². The highest BCUT2D eigenvalue weighted by atomic mass is 32.1. The molecule has 0 bridgehead atoms. The quantitative estimate of drug-likeness (QED) is 0.841. The molecule has 0 aliphatic rings. The normalized spacial score (nSPS) is 10.6. The number of aryl methyl sites for hydroxylation is 1. The second kappa shape index (κ2) is 6.40. The summed E-state index contributed by atoms with van der Waals surface area (Å²) in [5, 5.41) is 12.0. The number of carboxylic acids is 1. The number of thiophene rings is 1. The third-order valence-electron chi connectivity index (χ3n) is 2.48. The average molecular weight is 277 g/mol. The topological polar surface area (TPSA) is 75.1 Å². The van der Waals surface area contributed by atoms with Crippen LogP contribution in [0.1, 0.15) is 21.3 Å². The zero-order chi connectivity index (χ0) is 13.7. The van der Waals surface area contributed by atoms with Gasteiger partial charge in [0, 0.05) is 29.0 Å². The number of nitrogens with one attached hydrogen (secondary N) is 1. The van der Waals surface area contributed by atoms with E-state index in [9.17, 15) is 4.79 Å². The molecule has 2 aromatic heterocycles. The molecule has 5 nitrogen and oxygen atoms in total. The zero-order valence-corrected chi connectivity index (χ0v) is 11.4. The van der Waals surface area contributed by atoms with Gasteiger partial charge in [0.05, 0.1) is 12.1 Å². The maximum Gasteiger partial charge on any atom is 0.308 e. The number of hydrogen-bond donors (Lipinski definition) is 2. The minimum absolute atomic E-state index is 0.0930. The van der Waals surface area contributed by atoms with E-state index in [1.165, 1.54) is 11.3 Å². The van der Waals surface area contributed by atoms with E-state index in [4.69, 9.17) is 5.11 Å². The van der Waals surface area contributed by atoms with Crippen molar-refractivity contribution in [2.24, 2.45) is 0 Å². The van der Waals surface area contributed by atoms with E-state index in [0.29, 0.717) is 13.1 Å². The number of carboxylic acid groups (broad SMARTS) is 1. The Bertz CT molecular complexity index is 569. The first-order valence-electron chi connectivity index (χ1n) is 5.92. The number of aromatic nitrogens is 2. The molecule has 6 heteroatoms. The van der Waals surface area contributed by atoms with Gasteiger partial charge in [0.2, 0.25) is 0 Å². The molecule has 19 heavy (non-hydrogen) atoms. The molecule has 0 spiro atoms. The number of aliphatic carboxylic acids is 1. The molecule has 0 radical (unpaired) electrons. The molecule has 0 saturated heterocycles. The van der Waals surface area contributed by atoms with Crippen LogP contribution in [0.3, 0.4) is 0 Å². The summed E-state index contributed by atoms with van der Waals surface area (Å²) in [6, 6.07) is 5.70. The van der Waals surface area contributed by atoms with Crippen LogP contribution < -0.4 is 5.32 Å². The second-order valence-electron chi connectivity index (χ2n) is 4.14. The summed E-state index contributed by atoms with van der Waals surface area (Å²) < 4.78 is 0. The molecule has 0 aliphatic carbocycles. The van der Waals surface area contributed by atoms with Crippen molar-refractivity contribution in [3.63, 3.8) is 0 Å². The summed E-state index contributed by atoms with van der Waals surface area (Å²) in [4.78, 5) is 20.9. The highest BCUT2D eigenvalue weighted by Crippen LogP contribution is 2.16. The van der Waals surface area contributed by atoms with Crippen molar-refractivity contribution in [2.75, 3.05) is 0 Å². The van der Waals surface area contributed by atoms with E-state index in [0.717, 1.165) is 21.3 Å². The summed E-state index contributed by atoms with van der Waals surface area (Å²) >= 11 is 1.52. The molecular weight excluding hydrogens is 262 g/mol. The molecule has 100 valence electrons. The molecule has 2 N–H and O–H groups in total. The Labute approximate surface area is 115 Å². The molecule has 2 aromatic rings. The predicted octanol–water partition coefficient (Wildman–Crippen LogP) is 1.76. The molecule has 0 aromatic carbocycles. The monoisotopic (exact) mass is 277 g/mol. The number of nitrogens with zero attached hydrogens (tertiary/aromatic N) is 2. The Hall–Kier alpha value is -1.79. The van der Waals surface area contributed by atoms with E-state index < -0.39 is 5.97 Å². The summed E-state index contributed by atoms with van der Waals surface area (Å²) in [5.41, 5.74) is 0.954. The lowest BCUT2D eigenvalue weighted by Gasteiger charge is -2.03.